The first-order valence-corrected chi connectivity index (χ1v) is 11.4. The Bertz CT molecular complexity index is 775. The van der Waals surface area contributed by atoms with Gasteiger partial charge in [0.1, 0.15) is 12.0 Å². The molecule has 1 aliphatic carbocycles. The maximum atomic E-state index is 11.7. The number of amides is 1. The van der Waals surface area contributed by atoms with Crippen molar-refractivity contribution < 1.29 is 9.59 Å². The Labute approximate surface area is 180 Å². The third kappa shape index (κ3) is 4.97. The molecule has 0 bridgehead atoms. The third-order valence-corrected chi connectivity index (χ3v) is 7.04. The summed E-state index contributed by atoms with van der Waals surface area (Å²) >= 11 is 0. The second-order valence-corrected chi connectivity index (χ2v) is 9.02. The number of aryl methyl sites for hydroxylation is 1. The number of hydrogen-bond acceptors (Lipinski definition) is 5. The van der Waals surface area contributed by atoms with Gasteiger partial charge in [-0.25, -0.2) is 0 Å². The van der Waals surface area contributed by atoms with E-state index in [9.17, 15) is 14.5 Å². The van der Waals surface area contributed by atoms with Crippen LogP contribution >= 0.6 is 0 Å². The van der Waals surface area contributed by atoms with Crippen molar-refractivity contribution in [3.05, 3.63) is 33.7 Å². The fraction of sp³-hybridized carbons (Fsp3) is 0.667. The van der Waals surface area contributed by atoms with E-state index in [-0.39, 0.29) is 17.9 Å². The highest BCUT2D eigenvalue weighted by atomic mass is 16.3. The molecule has 30 heavy (non-hydrogen) atoms. The van der Waals surface area contributed by atoms with Crippen molar-refractivity contribution in [2.75, 3.05) is 26.7 Å². The summed E-state index contributed by atoms with van der Waals surface area (Å²) in [6.07, 6.45) is 8.30. The molecule has 6 nitrogen and oxygen atoms in total. The molecule has 1 aromatic carbocycles. The molecule has 2 fully saturated rings. The summed E-state index contributed by atoms with van der Waals surface area (Å²) in [6, 6.07) is 4.57. The summed E-state index contributed by atoms with van der Waals surface area (Å²) in [5.74, 6) is 0.825. The topological polar surface area (TPSA) is 70.1 Å². The molecule has 2 unspecified atom stereocenters. The van der Waals surface area contributed by atoms with Crippen LogP contribution in [0.1, 0.15) is 80.9 Å². The van der Waals surface area contributed by atoms with Gasteiger partial charge in [0.25, 0.3) is 0 Å². The molecule has 1 saturated carbocycles. The molecule has 6 heteroatoms. The van der Waals surface area contributed by atoms with Crippen molar-refractivity contribution >= 4 is 17.9 Å². The smallest absolute Gasteiger partial charge is 0.219 e. The monoisotopic (exact) mass is 413 g/mol. The van der Waals surface area contributed by atoms with Crippen LogP contribution in [-0.4, -0.2) is 54.7 Å². The lowest BCUT2D eigenvalue weighted by molar-refractivity contribution is -0.127. The molecule has 164 valence electrons. The molecule has 1 aromatic rings. The van der Waals surface area contributed by atoms with Gasteiger partial charge in [-0.3, -0.25) is 9.69 Å². The summed E-state index contributed by atoms with van der Waals surface area (Å²) < 4.78 is 0. The van der Waals surface area contributed by atoms with Crippen molar-refractivity contribution in [3.8, 4) is 0 Å². The fourth-order valence-corrected chi connectivity index (χ4v) is 5.02. The Hall–Kier alpha value is -2.08. The van der Waals surface area contributed by atoms with Crippen molar-refractivity contribution in [1.29, 1.82) is 0 Å². The van der Waals surface area contributed by atoms with Gasteiger partial charge in [-0.05, 0) is 71.9 Å². The van der Waals surface area contributed by atoms with Crippen LogP contribution in [0.4, 0.5) is 5.69 Å². The number of likely N-dealkylation sites (tertiary alicyclic amines) is 1. The Kier molecular flexibility index (Phi) is 7.75. The van der Waals surface area contributed by atoms with E-state index in [4.69, 9.17) is 0 Å². The number of hydrogen-bond donors (Lipinski definition) is 0. The Balaban J connectivity index is 1.83. The van der Waals surface area contributed by atoms with E-state index < -0.39 is 0 Å². The molecule has 0 aromatic heterocycles. The molecular formula is C24H35N3O3. The first kappa shape index (κ1) is 22.6. The minimum Gasteiger partial charge on any atom is -0.346 e. The van der Waals surface area contributed by atoms with Crippen LogP contribution < -0.4 is 0 Å². The highest BCUT2D eigenvalue weighted by Crippen LogP contribution is 2.45. The van der Waals surface area contributed by atoms with Gasteiger partial charge in [0.05, 0.1) is 6.54 Å². The molecule has 3 rings (SSSR count). The van der Waals surface area contributed by atoms with E-state index in [2.05, 4.69) is 23.1 Å². The molecule has 1 amide bonds. The molecule has 1 saturated heterocycles. The van der Waals surface area contributed by atoms with E-state index in [1.807, 2.05) is 13.1 Å². The van der Waals surface area contributed by atoms with Crippen LogP contribution in [0.5, 0.6) is 0 Å². The average molecular weight is 414 g/mol. The van der Waals surface area contributed by atoms with Gasteiger partial charge in [-0.1, -0.05) is 25.8 Å². The highest BCUT2D eigenvalue weighted by molar-refractivity contribution is 5.72. The van der Waals surface area contributed by atoms with Crippen molar-refractivity contribution in [2.24, 2.45) is 5.18 Å². The number of carbonyl (C=O) groups is 2. The van der Waals surface area contributed by atoms with E-state index in [0.717, 1.165) is 51.4 Å². The van der Waals surface area contributed by atoms with Crippen molar-refractivity contribution in [2.45, 2.75) is 76.7 Å². The summed E-state index contributed by atoms with van der Waals surface area (Å²) in [7, 11) is 1.82. The van der Waals surface area contributed by atoms with Gasteiger partial charge < -0.3 is 9.69 Å². The lowest BCUT2D eigenvalue weighted by atomic mass is 9.75. The SMILES string of the molecule is CCCc1cc(C2CC(CCN(C)C(C)=O)N(CC=O)C2)cc(N=O)c1C1CCC1. The Morgan fingerprint density at radius 1 is 1.30 bits per heavy atom. The minimum absolute atomic E-state index is 0.0592. The lowest BCUT2D eigenvalue weighted by Crippen LogP contribution is -2.35. The van der Waals surface area contributed by atoms with E-state index >= 15 is 0 Å². The Morgan fingerprint density at radius 3 is 2.63 bits per heavy atom. The van der Waals surface area contributed by atoms with Crippen molar-refractivity contribution in [1.82, 2.24) is 9.80 Å². The highest BCUT2D eigenvalue weighted by Gasteiger charge is 2.34. The molecule has 0 radical (unpaired) electrons. The number of aldehydes is 1. The standard InChI is InChI=1S/C24H35N3O3/c1-4-6-19-13-20(15-23(25-30)24(19)18-7-5-8-18)21-14-22(27(16-21)11-12-28)9-10-26(3)17(2)29/h12-13,15,18,21-22H,4-11,14,16H2,1-3H3. The van der Waals surface area contributed by atoms with Gasteiger partial charge >= 0.3 is 0 Å². The minimum atomic E-state index is 0.0592. The maximum Gasteiger partial charge on any atom is 0.219 e. The van der Waals surface area contributed by atoms with Gasteiger partial charge in [-0.2, -0.15) is 0 Å². The van der Waals surface area contributed by atoms with Crippen LogP contribution in [-0.2, 0) is 16.0 Å². The van der Waals surface area contributed by atoms with E-state index in [1.165, 1.54) is 23.1 Å². The molecule has 1 heterocycles. The van der Waals surface area contributed by atoms with Crippen LogP contribution in [0.2, 0.25) is 0 Å². The predicted octanol–water partition coefficient (Wildman–Crippen LogP) is 4.53. The van der Waals surface area contributed by atoms with Crippen molar-refractivity contribution in [3.63, 3.8) is 0 Å². The van der Waals surface area contributed by atoms with Crippen LogP contribution in [0, 0.1) is 4.91 Å². The zero-order valence-electron chi connectivity index (χ0n) is 18.6. The fourth-order valence-electron chi connectivity index (χ4n) is 5.02. The van der Waals surface area contributed by atoms with E-state index in [0.29, 0.717) is 24.7 Å². The molecule has 0 spiro atoms. The molecule has 2 atom stereocenters. The molecule has 2 aliphatic rings. The van der Waals surface area contributed by atoms with Crippen LogP contribution in [0.15, 0.2) is 17.3 Å². The predicted molar refractivity (Wildman–Crippen MR) is 119 cm³/mol. The third-order valence-electron chi connectivity index (χ3n) is 7.04. The quantitative estimate of drug-likeness (QED) is 0.417. The number of carbonyl (C=O) groups excluding carboxylic acids is 2. The summed E-state index contributed by atoms with van der Waals surface area (Å²) in [4.78, 5) is 38.5. The molecule has 1 aliphatic heterocycles. The van der Waals surface area contributed by atoms with Crippen LogP contribution in [0.3, 0.4) is 0 Å². The van der Waals surface area contributed by atoms with E-state index in [1.54, 1.807) is 11.8 Å². The normalized spacial score (nSPS) is 22.0. The first-order valence-electron chi connectivity index (χ1n) is 11.4. The number of benzene rings is 1. The van der Waals surface area contributed by atoms with Gasteiger partial charge in [-0.15, -0.1) is 4.91 Å². The first-order chi connectivity index (χ1) is 14.5. The number of nitrogens with zero attached hydrogens (tertiary/aromatic N) is 3. The van der Waals surface area contributed by atoms with Gasteiger partial charge in [0.15, 0.2) is 0 Å². The largest absolute Gasteiger partial charge is 0.346 e. The second-order valence-electron chi connectivity index (χ2n) is 9.02. The van der Waals surface area contributed by atoms with Crippen LogP contribution in [0.25, 0.3) is 0 Å². The molecule has 0 N–H and O–H groups in total. The second kappa shape index (κ2) is 10.3. The summed E-state index contributed by atoms with van der Waals surface area (Å²) in [6.45, 7) is 5.65. The van der Waals surface area contributed by atoms with Gasteiger partial charge in [0.2, 0.25) is 5.91 Å². The number of nitroso groups, excluding NO2 is 1. The summed E-state index contributed by atoms with van der Waals surface area (Å²) in [5.41, 5.74) is 4.28. The lowest BCUT2D eigenvalue weighted by Gasteiger charge is -2.29. The average Bonchev–Trinajstić information content (AvgIpc) is 3.09. The van der Waals surface area contributed by atoms with Gasteiger partial charge in [0, 0.05) is 33.1 Å². The Morgan fingerprint density at radius 2 is 2.07 bits per heavy atom. The molecular weight excluding hydrogens is 378 g/mol. The zero-order chi connectivity index (χ0) is 21.7. The number of rotatable bonds is 10. The zero-order valence-corrected chi connectivity index (χ0v) is 18.6. The summed E-state index contributed by atoms with van der Waals surface area (Å²) in [5, 5.41) is 3.44. The maximum absolute atomic E-state index is 11.7.